The molecule has 8 heteroatoms. The number of carbonyl (C=O) groups is 2. The number of primary amides is 1. The molecule has 0 saturated heterocycles. The van der Waals surface area contributed by atoms with Crippen molar-refractivity contribution in [2.75, 3.05) is 18.9 Å². The first-order valence-electron chi connectivity index (χ1n) is 5.48. The molecule has 0 aliphatic rings. The van der Waals surface area contributed by atoms with Gasteiger partial charge in [0.2, 0.25) is 11.8 Å². The van der Waals surface area contributed by atoms with Crippen molar-refractivity contribution in [1.82, 2.24) is 5.32 Å². The van der Waals surface area contributed by atoms with Crippen LogP contribution in [0.5, 0.6) is 0 Å². The highest BCUT2D eigenvalue weighted by molar-refractivity contribution is 5.94. The second-order valence-corrected chi connectivity index (χ2v) is 3.70. The number of nitrogens with one attached hydrogen (secondary N) is 2. The normalized spacial score (nSPS) is 9.74. The van der Waals surface area contributed by atoms with E-state index in [2.05, 4.69) is 10.6 Å². The number of anilines is 1. The number of hydrogen-bond donors (Lipinski definition) is 3. The highest BCUT2D eigenvalue weighted by Gasteiger charge is 2.15. The van der Waals surface area contributed by atoms with E-state index in [1.807, 2.05) is 0 Å². The fraction of sp³-hybridized carbons (Fsp3) is 0.273. The molecular weight excluding hydrogens is 252 g/mol. The summed E-state index contributed by atoms with van der Waals surface area (Å²) >= 11 is 0. The second kappa shape index (κ2) is 6.34. The van der Waals surface area contributed by atoms with E-state index in [1.165, 1.54) is 25.2 Å². The summed E-state index contributed by atoms with van der Waals surface area (Å²) < 4.78 is 0. The van der Waals surface area contributed by atoms with Gasteiger partial charge in [-0.05, 0) is 12.1 Å². The van der Waals surface area contributed by atoms with Crippen LogP contribution in [0.4, 0.5) is 11.4 Å². The minimum absolute atomic E-state index is 0.158. The zero-order valence-electron chi connectivity index (χ0n) is 10.3. The Morgan fingerprint density at radius 1 is 1.42 bits per heavy atom. The molecule has 2 amide bonds. The van der Waals surface area contributed by atoms with Crippen LogP contribution < -0.4 is 16.4 Å². The lowest BCUT2D eigenvalue weighted by Gasteiger charge is -2.07. The Hall–Kier alpha value is -2.64. The summed E-state index contributed by atoms with van der Waals surface area (Å²) in [6, 6.07) is 3.77. The van der Waals surface area contributed by atoms with Crippen LogP contribution in [-0.2, 0) is 4.79 Å². The molecule has 1 aromatic carbocycles. The van der Waals surface area contributed by atoms with E-state index < -0.39 is 10.8 Å². The third kappa shape index (κ3) is 3.95. The Labute approximate surface area is 109 Å². The maximum absolute atomic E-state index is 11.0. The molecule has 0 aromatic heterocycles. The molecule has 0 atom stereocenters. The van der Waals surface area contributed by atoms with Crippen LogP contribution in [0.1, 0.15) is 16.8 Å². The molecule has 19 heavy (non-hydrogen) atoms. The van der Waals surface area contributed by atoms with Crippen molar-refractivity contribution < 1.29 is 14.5 Å². The number of nitrogens with two attached hydrogens (primary N) is 1. The molecule has 4 N–H and O–H groups in total. The predicted octanol–water partition coefficient (Wildman–Crippen LogP) is 0.242. The Morgan fingerprint density at radius 3 is 2.63 bits per heavy atom. The van der Waals surface area contributed by atoms with Crippen LogP contribution in [0.2, 0.25) is 0 Å². The maximum Gasteiger partial charge on any atom is 0.292 e. The molecule has 102 valence electrons. The second-order valence-electron chi connectivity index (χ2n) is 3.70. The summed E-state index contributed by atoms with van der Waals surface area (Å²) in [5.74, 6) is -0.870. The average Bonchev–Trinajstić information content (AvgIpc) is 2.37. The van der Waals surface area contributed by atoms with Gasteiger partial charge >= 0.3 is 0 Å². The third-order valence-electron chi connectivity index (χ3n) is 2.42. The zero-order chi connectivity index (χ0) is 14.4. The summed E-state index contributed by atoms with van der Waals surface area (Å²) in [4.78, 5) is 32.3. The van der Waals surface area contributed by atoms with Crippen molar-refractivity contribution in [2.45, 2.75) is 6.42 Å². The van der Waals surface area contributed by atoms with Crippen molar-refractivity contribution in [1.29, 1.82) is 0 Å². The fourth-order valence-corrected chi connectivity index (χ4v) is 1.43. The van der Waals surface area contributed by atoms with Gasteiger partial charge in [0, 0.05) is 31.6 Å². The molecule has 0 aliphatic carbocycles. The molecule has 1 aromatic rings. The lowest BCUT2D eigenvalue weighted by Crippen LogP contribution is -2.21. The van der Waals surface area contributed by atoms with E-state index in [-0.39, 0.29) is 35.8 Å². The fourth-order valence-electron chi connectivity index (χ4n) is 1.43. The van der Waals surface area contributed by atoms with Gasteiger partial charge in [-0.25, -0.2) is 0 Å². The summed E-state index contributed by atoms with van der Waals surface area (Å²) in [5, 5.41) is 16.0. The summed E-state index contributed by atoms with van der Waals surface area (Å²) in [5.41, 5.74) is 5.25. The summed E-state index contributed by atoms with van der Waals surface area (Å²) in [6.07, 6.45) is 0.161. The van der Waals surface area contributed by atoms with Crippen molar-refractivity contribution in [2.24, 2.45) is 5.73 Å². The Morgan fingerprint density at radius 2 is 2.11 bits per heavy atom. The third-order valence-corrected chi connectivity index (χ3v) is 2.42. The van der Waals surface area contributed by atoms with Crippen molar-refractivity contribution in [3.05, 3.63) is 33.9 Å². The average molecular weight is 266 g/mol. The van der Waals surface area contributed by atoms with E-state index in [1.54, 1.807) is 0 Å². The van der Waals surface area contributed by atoms with Crippen molar-refractivity contribution in [3.8, 4) is 0 Å². The maximum atomic E-state index is 11.0. The number of nitrogens with zero attached hydrogens (tertiary/aromatic N) is 1. The Bertz CT molecular complexity index is 515. The van der Waals surface area contributed by atoms with Crippen LogP contribution in [0, 0.1) is 10.1 Å². The van der Waals surface area contributed by atoms with Gasteiger partial charge in [-0.2, -0.15) is 0 Å². The van der Waals surface area contributed by atoms with E-state index in [4.69, 9.17) is 5.73 Å². The van der Waals surface area contributed by atoms with Crippen LogP contribution in [-0.4, -0.2) is 30.3 Å². The molecule has 0 radical (unpaired) electrons. The minimum Gasteiger partial charge on any atom is -0.379 e. The molecule has 0 bridgehead atoms. The minimum atomic E-state index is -0.677. The highest BCUT2D eigenvalue weighted by Crippen LogP contribution is 2.25. The standard InChI is InChI=1S/C11H14N4O4/c1-13-10(16)4-5-14-8-6-7(11(12)17)2-3-9(8)15(18)19/h2-3,6,14H,4-5H2,1H3,(H2,12,17)(H,13,16). The number of benzene rings is 1. The van der Waals surface area contributed by atoms with E-state index in [0.29, 0.717) is 0 Å². The van der Waals surface area contributed by atoms with E-state index in [0.717, 1.165) is 0 Å². The first-order valence-corrected chi connectivity index (χ1v) is 5.48. The van der Waals surface area contributed by atoms with Gasteiger partial charge in [-0.15, -0.1) is 0 Å². The van der Waals surface area contributed by atoms with Crippen LogP contribution in [0.15, 0.2) is 18.2 Å². The van der Waals surface area contributed by atoms with Gasteiger partial charge in [0.05, 0.1) is 4.92 Å². The number of hydrogen-bond acceptors (Lipinski definition) is 5. The van der Waals surface area contributed by atoms with Crippen molar-refractivity contribution in [3.63, 3.8) is 0 Å². The lowest BCUT2D eigenvalue weighted by atomic mass is 10.1. The smallest absolute Gasteiger partial charge is 0.292 e. The molecule has 0 fully saturated rings. The SMILES string of the molecule is CNC(=O)CCNc1cc(C(N)=O)ccc1[N+](=O)[O-]. The highest BCUT2D eigenvalue weighted by atomic mass is 16.6. The van der Waals surface area contributed by atoms with Gasteiger partial charge in [0.25, 0.3) is 5.69 Å². The number of rotatable bonds is 6. The molecule has 0 saturated carbocycles. The van der Waals surface area contributed by atoms with Crippen LogP contribution in [0.25, 0.3) is 0 Å². The molecule has 0 unspecified atom stereocenters. The van der Waals surface area contributed by atoms with Gasteiger partial charge in [0.1, 0.15) is 5.69 Å². The van der Waals surface area contributed by atoms with Gasteiger partial charge in [-0.1, -0.05) is 0 Å². The topological polar surface area (TPSA) is 127 Å². The zero-order valence-corrected chi connectivity index (χ0v) is 10.3. The van der Waals surface area contributed by atoms with E-state index >= 15 is 0 Å². The quantitative estimate of drug-likeness (QED) is 0.502. The number of carbonyl (C=O) groups excluding carboxylic acids is 2. The predicted molar refractivity (Wildman–Crippen MR) is 68.8 cm³/mol. The van der Waals surface area contributed by atoms with Gasteiger partial charge < -0.3 is 16.4 Å². The molecule has 0 heterocycles. The lowest BCUT2D eigenvalue weighted by molar-refractivity contribution is -0.384. The first-order chi connectivity index (χ1) is 8.95. The molecule has 1 rings (SSSR count). The molecule has 0 aliphatic heterocycles. The number of nitro benzene ring substituents is 1. The number of amides is 2. The number of nitro groups is 1. The molecular formula is C11H14N4O4. The van der Waals surface area contributed by atoms with Gasteiger partial charge in [0.15, 0.2) is 0 Å². The Balaban J connectivity index is 2.88. The summed E-state index contributed by atoms with van der Waals surface area (Å²) in [6.45, 7) is 0.211. The first kappa shape index (κ1) is 14.4. The largest absolute Gasteiger partial charge is 0.379 e. The van der Waals surface area contributed by atoms with E-state index in [9.17, 15) is 19.7 Å². The molecule has 0 spiro atoms. The van der Waals surface area contributed by atoms with Crippen molar-refractivity contribution >= 4 is 23.2 Å². The summed E-state index contributed by atoms with van der Waals surface area (Å²) in [7, 11) is 1.50. The monoisotopic (exact) mass is 266 g/mol. The molecule has 8 nitrogen and oxygen atoms in total. The van der Waals surface area contributed by atoms with Crippen LogP contribution >= 0.6 is 0 Å². The Kier molecular flexibility index (Phi) is 4.81. The van der Waals surface area contributed by atoms with Crippen LogP contribution in [0.3, 0.4) is 0 Å². The van der Waals surface area contributed by atoms with Gasteiger partial charge in [-0.3, -0.25) is 19.7 Å².